The number of halogens is 3. The van der Waals surface area contributed by atoms with E-state index in [0.29, 0.717) is 16.7 Å². The predicted molar refractivity (Wildman–Crippen MR) is 159 cm³/mol. The van der Waals surface area contributed by atoms with Crippen LogP contribution in [0.1, 0.15) is 55.0 Å². The van der Waals surface area contributed by atoms with Gasteiger partial charge >= 0.3 is 5.69 Å². The van der Waals surface area contributed by atoms with E-state index in [1.807, 2.05) is 30.3 Å². The topological polar surface area (TPSA) is 99.6 Å². The average molecular weight is 675 g/mol. The lowest BCUT2D eigenvalue weighted by Gasteiger charge is -2.22. The molecule has 0 amide bonds. The first-order valence-corrected chi connectivity index (χ1v) is 14.4. The molecule has 0 radical (unpaired) electrons. The molecule has 200 valence electrons. The van der Waals surface area contributed by atoms with E-state index in [1.54, 1.807) is 12.1 Å². The van der Waals surface area contributed by atoms with Gasteiger partial charge in [0.1, 0.15) is 12.4 Å². The van der Waals surface area contributed by atoms with Crippen LogP contribution in [0.4, 0.5) is 5.69 Å². The molecule has 1 fully saturated rings. The van der Waals surface area contributed by atoms with Crippen LogP contribution in [-0.2, 0) is 6.61 Å². The van der Waals surface area contributed by atoms with E-state index in [2.05, 4.69) is 37.0 Å². The van der Waals surface area contributed by atoms with E-state index in [4.69, 9.17) is 21.3 Å². The van der Waals surface area contributed by atoms with Crippen LogP contribution in [0.5, 0.6) is 5.75 Å². The van der Waals surface area contributed by atoms with E-state index in [9.17, 15) is 14.9 Å². The Morgan fingerprint density at radius 2 is 1.90 bits per heavy atom. The molecule has 0 saturated heterocycles. The lowest BCUT2D eigenvalue weighted by atomic mass is 9.88. The van der Waals surface area contributed by atoms with E-state index in [-0.39, 0.29) is 40.1 Å². The molecule has 4 aromatic rings. The Labute approximate surface area is 246 Å². The van der Waals surface area contributed by atoms with Crippen LogP contribution in [0.15, 0.2) is 73.4 Å². The molecule has 5 rings (SSSR count). The van der Waals surface area contributed by atoms with Gasteiger partial charge in [-0.05, 0) is 43.2 Å². The maximum absolute atomic E-state index is 13.6. The number of nitro benzene ring substituents is 1. The number of aromatic nitrogens is 2. The van der Waals surface area contributed by atoms with Gasteiger partial charge in [0, 0.05) is 37.1 Å². The number of nitro groups is 1. The fraction of sp³-hybridized carbons (Fsp3) is 0.250. The van der Waals surface area contributed by atoms with Gasteiger partial charge in [-0.1, -0.05) is 80.9 Å². The minimum Gasteiger partial charge on any atom is -0.481 e. The van der Waals surface area contributed by atoms with E-state index in [0.717, 1.165) is 46.6 Å². The summed E-state index contributed by atoms with van der Waals surface area (Å²) in [4.78, 5) is 29.8. The Morgan fingerprint density at radius 1 is 1.13 bits per heavy atom. The van der Waals surface area contributed by atoms with Crippen LogP contribution in [0, 0.1) is 10.1 Å². The molecule has 1 aromatic heterocycles. The Kier molecular flexibility index (Phi) is 8.44. The molecule has 0 atom stereocenters. The van der Waals surface area contributed by atoms with Gasteiger partial charge in [-0.25, -0.2) is 4.98 Å². The first kappa shape index (κ1) is 27.5. The Balaban J connectivity index is 1.60. The van der Waals surface area contributed by atoms with Gasteiger partial charge in [-0.3, -0.25) is 14.9 Å². The van der Waals surface area contributed by atoms with Crippen molar-refractivity contribution in [3.63, 3.8) is 0 Å². The van der Waals surface area contributed by atoms with Gasteiger partial charge < -0.3 is 4.74 Å². The van der Waals surface area contributed by atoms with Gasteiger partial charge in [-0.15, -0.1) is 0 Å². The zero-order chi connectivity index (χ0) is 27.5. The van der Waals surface area contributed by atoms with Crippen molar-refractivity contribution < 1.29 is 9.66 Å². The van der Waals surface area contributed by atoms with Crippen molar-refractivity contribution in [3.8, 4) is 5.75 Å². The van der Waals surface area contributed by atoms with Gasteiger partial charge in [0.15, 0.2) is 0 Å². The second kappa shape index (κ2) is 12.0. The van der Waals surface area contributed by atoms with Crippen LogP contribution in [0.3, 0.4) is 0 Å². The molecule has 1 aliphatic rings. The molecule has 11 heteroatoms. The largest absolute Gasteiger partial charge is 0.481 e. The van der Waals surface area contributed by atoms with Crippen LogP contribution < -0.4 is 10.3 Å². The van der Waals surface area contributed by atoms with Gasteiger partial charge in [0.05, 0.1) is 22.0 Å². The minimum absolute atomic E-state index is 0.00369. The summed E-state index contributed by atoms with van der Waals surface area (Å²) < 4.78 is 8.97. The summed E-state index contributed by atoms with van der Waals surface area (Å²) in [5.74, 6) is 0.684. The second-order valence-electron chi connectivity index (χ2n) is 9.31. The maximum atomic E-state index is 13.6. The fourth-order valence-electron chi connectivity index (χ4n) is 4.77. The number of fused-ring (bicyclic) bond motifs is 1. The molecule has 1 heterocycles. The fourth-order valence-corrected chi connectivity index (χ4v) is 6.16. The highest BCUT2D eigenvalue weighted by Crippen LogP contribution is 2.36. The Bertz CT molecular complexity index is 1650. The summed E-state index contributed by atoms with van der Waals surface area (Å²) in [7, 11) is 0. The molecule has 0 aliphatic heterocycles. The van der Waals surface area contributed by atoms with Crippen LogP contribution in [0.2, 0.25) is 5.02 Å². The van der Waals surface area contributed by atoms with Crippen molar-refractivity contribution in [3.05, 3.63) is 106 Å². The highest BCUT2D eigenvalue weighted by Gasteiger charge is 2.24. The van der Waals surface area contributed by atoms with Gasteiger partial charge in [0.25, 0.3) is 5.56 Å². The number of para-hydroxylation sites is 1. The lowest BCUT2D eigenvalue weighted by Crippen LogP contribution is -2.25. The minimum atomic E-state index is -0.549. The molecule has 39 heavy (non-hydrogen) atoms. The summed E-state index contributed by atoms with van der Waals surface area (Å²) in [6.45, 7) is 0.0575. The van der Waals surface area contributed by atoms with Crippen molar-refractivity contribution in [1.29, 1.82) is 0 Å². The first-order valence-electron chi connectivity index (χ1n) is 12.4. The summed E-state index contributed by atoms with van der Waals surface area (Å²) in [5, 5.41) is 17.1. The van der Waals surface area contributed by atoms with E-state index >= 15 is 0 Å². The molecule has 1 aliphatic carbocycles. The second-order valence-corrected chi connectivity index (χ2v) is 11.5. The molecule has 3 aromatic carbocycles. The quantitative estimate of drug-likeness (QED) is 0.112. The number of ether oxygens (including phenoxy) is 1. The van der Waals surface area contributed by atoms with Crippen LogP contribution in [0.25, 0.3) is 10.9 Å². The highest BCUT2D eigenvalue weighted by molar-refractivity contribution is 9.11. The predicted octanol–water partition coefficient (Wildman–Crippen LogP) is 7.99. The Morgan fingerprint density at radius 3 is 2.64 bits per heavy atom. The molecular formula is C28H23Br2ClN4O4. The standard InChI is InChI=1S/C28H23Br2ClN4O4/c29-20-11-10-18(23(30)13-20)16-39-26-19(12-21(31)14-25(26)35(37)38)15-32-34-27(17-6-2-1-3-7-17)33-24-9-5-4-8-22(24)28(34)36/h4-5,8-15,17H,1-3,6-7,16H2. The maximum Gasteiger partial charge on any atom is 0.313 e. The first-order chi connectivity index (χ1) is 18.8. The molecule has 1 saturated carbocycles. The van der Waals surface area contributed by atoms with Crippen molar-refractivity contribution >= 4 is 66.3 Å². The molecular weight excluding hydrogens is 652 g/mol. The SMILES string of the molecule is O=c1c2ccccc2nc(C2CCCCC2)n1N=Cc1cc(Cl)cc([N+](=O)[O-])c1OCc1ccc(Br)cc1Br. The smallest absolute Gasteiger partial charge is 0.313 e. The van der Waals surface area contributed by atoms with E-state index < -0.39 is 4.92 Å². The van der Waals surface area contributed by atoms with Crippen LogP contribution in [-0.4, -0.2) is 20.8 Å². The van der Waals surface area contributed by atoms with Crippen molar-refractivity contribution in [2.24, 2.45) is 5.10 Å². The highest BCUT2D eigenvalue weighted by atomic mass is 79.9. The van der Waals surface area contributed by atoms with Gasteiger partial charge in [0.2, 0.25) is 5.75 Å². The van der Waals surface area contributed by atoms with Crippen LogP contribution >= 0.6 is 43.5 Å². The van der Waals surface area contributed by atoms with Crippen molar-refractivity contribution in [2.45, 2.75) is 44.6 Å². The molecule has 0 N–H and O–H groups in total. The summed E-state index contributed by atoms with van der Waals surface area (Å²) in [6, 6.07) is 15.5. The third-order valence-corrected chi connectivity index (χ3v) is 8.16. The number of hydrogen-bond donors (Lipinski definition) is 0. The molecule has 0 bridgehead atoms. The zero-order valence-electron chi connectivity index (χ0n) is 20.6. The number of nitrogens with zero attached hydrogens (tertiary/aromatic N) is 4. The third kappa shape index (κ3) is 6.08. The lowest BCUT2D eigenvalue weighted by molar-refractivity contribution is -0.385. The monoisotopic (exact) mass is 672 g/mol. The van der Waals surface area contributed by atoms with Crippen molar-refractivity contribution in [1.82, 2.24) is 9.66 Å². The normalized spacial score (nSPS) is 14.2. The Hall–Kier alpha value is -3.08. The molecule has 8 nitrogen and oxygen atoms in total. The van der Waals surface area contributed by atoms with E-state index in [1.165, 1.54) is 23.0 Å². The van der Waals surface area contributed by atoms with Crippen molar-refractivity contribution in [2.75, 3.05) is 0 Å². The molecule has 0 spiro atoms. The van der Waals surface area contributed by atoms with Gasteiger partial charge in [-0.2, -0.15) is 9.78 Å². The summed E-state index contributed by atoms with van der Waals surface area (Å²) in [5.41, 5.74) is 1.10. The number of hydrogen-bond acceptors (Lipinski definition) is 6. The third-order valence-electron chi connectivity index (χ3n) is 6.71. The summed E-state index contributed by atoms with van der Waals surface area (Å²) >= 11 is 13.2. The average Bonchev–Trinajstić information content (AvgIpc) is 2.93. The zero-order valence-corrected chi connectivity index (χ0v) is 24.6. The summed E-state index contributed by atoms with van der Waals surface area (Å²) in [6.07, 6.45) is 6.48. The number of benzene rings is 3. The number of rotatable bonds is 7. The molecule has 0 unspecified atom stereocenters.